The maximum Gasteiger partial charge on any atom is 0.357 e. The third-order valence-electron chi connectivity index (χ3n) is 2.82. The van der Waals surface area contributed by atoms with Crippen molar-refractivity contribution >= 4 is 35.4 Å². The standard InChI is InChI=1S/C11H11ClN2O2.C6H5Cl/c1-4-8(5-2)6-14-7(3)13-9(10(14)12)11(15)16;7-6-4-2-1-3-5-6/h1,6H,5H2,2-3H3,(H,15,16);1-5H/b8-6+;. The molecule has 0 aliphatic heterocycles. The molecule has 1 N–H and O–H groups in total. The number of allylic oxidation sites excluding steroid dienone is 1. The summed E-state index contributed by atoms with van der Waals surface area (Å²) < 4.78 is 1.48. The predicted molar refractivity (Wildman–Crippen MR) is 93.8 cm³/mol. The fraction of sp³-hybridized carbons (Fsp3) is 0.176. The van der Waals surface area contributed by atoms with Gasteiger partial charge in [-0.05, 0) is 25.5 Å². The van der Waals surface area contributed by atoms with E-state index in [2.05, 4.69) is 10.9 Å². The summed E-state index contributed by atoms with van der Waals surface area (Å²) in [6, 6.07) is 9.44. The Morgan fingerprint density at radius 1 is 1.39 bits per heavy atom. The number of halogens is 2. The molecular formula is C17H16Cl2N2O2. The fourth-order valence-corrected chi connectivity index (χ4v) is 2.04. The van der Waals surface area contributed by atoms with Crippen LogP contribution in [0.15, 0.2) is 35.9 Å². The number of hydrogen-bond donors (Lipinski definition) is 1. The van der Waals surface area contributed by atoms with Crippen molar-refractivity contribution in [2.75, 3.05) is 0 Å². The Bertz CT molecular complexity index is 744. The van der Waals surface area contributed by atoms with E-state index in [0.717, 1.165) is 10.6 Å². The number of rotatable bonds is 3. The lowest BCUT2D eigenvalue weighted by molar-refractivity contribution is 0.0691. The zero-order valence-electron chi connectivity index (χ0n) is 12.8. The number of carbonyl (C=O) groups is 1. The van der Waals surface area contributed by atoms with E-state index in [-0.39, 0.29) is 10.8 Å². The Kier molecular flexibility index (Phi) is 7.40. The summed E-state index contributed by atoms with van der Waals surface area (Å²) in [4.78, 5) is 14.6. The van der Waals surface area contributed by atoms with Crippen molar-refractivity contribution in [1.82, 2.24) is 9.55 Å². The molecule has 0 radical (unpaired) electrons. The molecule has 4 nitrogen and oxygen atoms in total. The molecule has 0 unspecified atom stereocenters. The number of carboxylic acid groups (broad SMARTS) is 1. The molecular weight excluding hydrogens is 335 g/mol. The Morgan fingerprint density at radius 3 is 2.35 bits per heavy atom. The fourth-order valence-electron chi connectivity index (χ4n) is 1.61. The van der Waals surface area contributed by atoms with Gasteiger partial charge in [0.2, 0.25) is 0 Å². The SMILES string of the molecule is C#C/C(=C\n1c(C)nc(C(=O)O)c1Cl)CC.Clc1ccccc1. The molecule has 0 amide bonds. The van der Waals surface area contributed by atoms with Gasteiger partial charge in [-0.15, -0.1) is 6.42 Å². The van der Waals surface area contributed by atoms with Crippen molar-refractivity contribution < 1.29 is 9.90 Å². The average Bonchev–Trinajstić information content (AvgIpc) is 2.81. The van der Waals surface area contributed by atoms with Crippen LogP contribution >= 0.6 is 23.2 Å². The smallest absolute Gasteiger partial charge is 0.357 e. The van der Waals surface area contributed by atoms with E-state index in [0.29, 0.717) is 12.2 Å². The highest BCUT2D eigenvalue weighted by molar-refractivity contribution is 6.32. The van der Waals surface area contributed by atoms with E-state index in [1.807, 2.05) is 37.3 Å². The zero-order valence-corrected chi connectivity index (χ0v) is 14.3. The number of aromatic carboxylic acids is 1. The van der Waals surface area contributed by atoms with Gasteiger partial charge in [-0.1, -0.05) is 54.2 Å². The van der Waals surface area contributed by atoms with Crippen molar-refractivity contribution in [2.24, 2.45) is 0 Å². The minimum atomic E-state index is -1.15. The van der Waals surface area contributed by atoms with Crippen LogP contribution in [0.5, 0.6) is 0 Å². The molecule has 1 aromatic heterocycles. The van der Waals surface area contributed by atoms with Crippen LogP contribution in [0.2, 0.25) is 10.2 Å². The summed E-state index contributed by atoms with van der Waals surface area (Å²) in [5.41, 5.74) is 0.558. The highest BCUT2D eigenvalue weighted by Crippen LogP contribution is 2.19. The van der Waals surface area contributed by atoms with Gasteiger partial charge in [0.1, 0.15) is 11.0 Å². The molecule has 0 fully saturated rings. The van der Waals surface area contributed by atoms with Gasteiger partial charge in [0.25, 0.3) is 0 Å². The lowest BCUT2D eigenvalue weighted by Gasteiger charge is -2.00. The van der Waals surface area contributed by atoms with Crippen molar-refractivity contribution in [1.29, 1.82) is 0 Å². The molecule has 0 aliphatic carbocycles. The second kappa shape index (κ2) is 9.04. The van der Waals surface area contributed by atoms with E-state index in [1.54, 1.807) is 13.1 Å². The number of aryl methyl sites for hydroxylation is 1. The summed E-state index contributed by atoms with van der Waals surface area (Å²) in [5.74, 6) is 1.84. The average molecular weight is 351 g/mol. The molecule has 0 spiro atoms. The van der Waals surface area contributed by atoms with Crippen LogP contribution in [0.3, 0.4) is 0 Å². The Morgan fingerprint density at radius 2 is 2.00 bits per heavy atom. The van der Waals surface area contributed by atoms with Crippen LogP contribution in [0.1, 0.15) is 29.7 Å². The molecule has 0 saturated carbocycles. The second-order valence-electron chi connectivity index (χ2n) is 4.42. The van der Waals surface area contributed by atoms with E-state index >= 15 is 0 Å². The molecule has 0 aliphatic rings. The normalized spacial score (nSPS) is 10.5. The molecule has 6 heteroatoms. The number of imidazole rings is 1. The first kappa shape index (κ1) is 18.8. The van der Waals surface area contributed by atoms with Crippen LogP contribution in [0.4, 0.5) is 0 Å². The van der Waals surface area contributed by atoms with Crippen LogP contribution in [0, 0.1) is 19.3 Å². The van der Waals surface area contributed by atoms with E-state index in [9.17, 15) is 4.79 Å². The summed E-state index contributed by atoms with van der Waals surface area (Å²) >= 11 is 11.4. The van der Waals surface area contributed by atoms with Crippen molar-refractivity contribution in [3.8, 4) is 12.3 Å². The molecule has 120 valence electrons. The maximum absolute atomic E-state index is 10.8. The number of aromatic nitrogens is 2. The van der Waals surface area contributed by atoms with Gasteiger partial charge in [-0.25, -0.2) is 9.78 Å². The first-order valence-corrected chi connectivity index (χ1v) is 7.51. The lowest BCUT2D eigenvalue weighted by Crippen LogP contribution is -1.97. The van der Waals surface area contributed by atoms with Crippen LogP contribution in [-0.2, 0) is 0 Å². The van der Waals surface area contributed by atoms with Crippen molar-refractivity contribution in [3.05, 3.63) is 57.6 Å². The lowest BCUT2D eigenvalue weighted by atomic mass is 10.2. The second-order valence-corrected chi connectivity index (χ2v) is 5.22. The zero-order chi connectivity index (χ0) is 17.4. The van der Waals surface area contributed by atoms with Gasteiger partial charge < -0.3 is 5.11 Å². The molecule has 1 aromatic carbocycles. The minimum absolute atomic E-state index is 0.0613. The quantitative estimate of drug-likeness (QED) is 0.811. The van der Waals surface area contributed by atoms with Crippen LogP contribution < -0.4 is 0 Å². The third kappa shape index (κ3) is 5.48. The van der Waals surface area contributed by atoms with Gasteiger partial charge in [0, 0.05) is 16.8 Å². The van der Waals surface area contributed by atoms with Gasteiger partial charge in [0.15, 0.2) is 5.69 Å². The maximum atomic E-state index is 10.8. The Hall–Kier alpha value is -2.22. The summed E-state index contributed by atoms with van der Waals surface area (Å²) in [7, 11) is 0. The first-order valence-electron chi connectivity index (χ1n) is 6.76. The number of carboxylic acids is 1. The molecule has 0 bridgehead atoms. The predicted octanol–water partition coefficient (Wildman–Crippen LogP) is 4.77. The highest BCUT2D eigenvalue weighted by Gasteiger charge is 2.17. The van der Waals surface area contributed by atoms with Gasteiger partial charge in [0.05, 0.1) is 0 Å². The van der Waals surface area contributed by atoms with Crippen LogP contribution in [0.25, 0.3) is 6.20 Å². The molecule has 23 heavy (non-hydrogen) atoms. The summed E-state index contributed by atoms with van der Waals surface area (Å²) in [6.07, 6.45) is 7.58. The topological polar surface area (TPSA) is 55.1 Å². The highest BCUT2D eigenvalue weighted by atomic mass is 35.5. The molecule has 2 aromatic rings. The van der Waals surface area contributed by atoms with Crippen molar-refractivity contribution in [3.63, 3.8) is 0 Å². The largest absolute Gasteiger partial charge is 0.476 e. The van der Waals surface area contributed by atoms with E-state index in [1.165, 1.54) is 4.57 Å². The van der Waals surface area contributed by atoms with Gasteiger partial charge >= 0.3 is 5.97 Å². The summed E-state index contributed by atoms with van der Waals surface area (Å²) in [6.45, 7) is 3.57. The number of terminal acetylenes is 1. The number of hydrogen-bond acceptors (Lipinski definition) is 2. The molecule has 2 rings (SSSR count). The number of nitrogens with zero attached hydrogens (tertiary/aromatic N) is 2. The van der Waals surface area contributed by atoms with Crippen molar-refractivity contribution in [2.45, 2.75) is 20.3 Å². The van der Waals surface area contributed by atoms with Crippen LogP contribution in [-0.4, -0.2) is 20.6 Å². The van der Waals surface area contributed by atoms with Gasteiger partial charge in [-0.2, -0.15) is 0 Å². The summed E-state index contributed by atoms with van der Waals surface area (Å²) in [5, 5.41) is 9.69. The van der Waals surface area contributed by atoms with E-state index in [4.69, 9.17) is 34.7 Å². The monoisotopic (exact) mass is 350 g/mol. The number of benzene rings is 1. The first-order chi connectivity index (χ1) is 10.9. The molecule has 1 heterocycles. The Balaban J connectivity index is 0.000000313. The Labute approximate surface area is 145 Å². The van der Waals surface area contributed by atoms with E-state index < -0.39 is 5.97 Å². The molecule has 0 atom stereocenters. The van der Waals surface area contributed by atoms with Gasteiger partial charge in [-0.3, -0.25) is 4.57 Å². The molecule has 0 saturated heterocycles. The minimum Gasteiger partial charge on any atom is -0.476 e. The third-order valence-corrected chi connectivity index (χ3v) is 3.43.